The first-order chi connectivity index (χ1) is 16.0. The SMILES string of the molecule is CC(=O)C1C=CC(c2ccc3c(c2)CCN(CC(=O)N2CCN(C4CC(C)C4)CC2)C3)=CC1. The maximum absolute atomic E-state index is 13.0. The number of carbonyl (C=O) groups is 2. The molecule has 2 heterocycles. The molecule has 1 saturated carbocycles. The second kappa shape index (κ2) is 9.55. The minimum absolute atomic E-state index is 0.0300. The van der Waals surface area contributed by atoms with Gasteiger partial charge < -0.3 is 4.90 Å². The largest absolute Gasteiger partial charge is 0.339 e. The van der Waals surface area contributed by atoms with Crippen molar-refractivity contribution >= 4 is 17.3 Å². The zero-order chi connectivity index (χ0) is 22.9. The van der Waals surface area contributed by atoms with E-state index in [0.717, 1.165) is 64.1 Å². The van der Waals surface area contributed by atoms with Gasteiger partial charge in [0.2, 0.25) is 5.91 Å². The Morgan fingerprint density at radius 1 is 1.03 bits per heavy atom. The summed E-state index contributed by atoms with van der Waals surface area (Å²) in [7, 11) is 0. The van der Waals surface area contributed by atoms with Crippen LogP contribution >= 0.6 is 0 Å². The van der Waals surface area contributed by atoms with E-state index in [9.17, 15) is 9.59 Å². The van der Waals surface area contributed by atoms with Gasteiger partial charge in [0.1, 0.15) is 5.78 Å². The van der Waals surface area contributed by atoms with Gasteiger partial charge in [0.15, 0.2) is 0 Å². The Morgan fingerprint density at radius 3 is 2.48 bits per heavy atom. The molecule has 0 spiro atoms. The number of carbonyl (C=O) groups excluding carboxylic acids is 2. The summed E-state index contributed by atoms with van der Waals surface area (Å²) >= 11 is 0. The number of Topliss-reactive ketones (excluding diaryl/α,β-unsaturated/α-hetero) is 1. The molecule has 1 atom stereocenters. The molecule has 1 unspecified atom stereocenters. The van der Waals surface area contributed by atoms with Crippen LogP contribution in [0.1, 0.15) is 49.8 Å². The highest BCUT2D eigenvalue weighted by Crippen LogP contribution is 2.32. The van der Waals surface area contributed by atoms with Gasteiger partial charge in [-0.15, -0.1) is 0 Å². The van der Waals surface area contributed by atoms with Crippen molar-refractivity contribution in [2.75, 3.05) is 39.3 Å². The average molecular weight is 448 g/mol. The van der Waals surface area contributed by atoms with Crippen molar-refractivity contribution in [3.8, 4) is 0 Å². The van der Waals surface area contributed by atoms with Crippen molar-refractivity contribution < 1.29 is 9.59 Å². The molecule has 1 amide bonds. The standard InChI is InChI=1S/C28H37N3O2/c1-20-15-27(16-20)30-11-13-31(14-12-30)28(33)19-29-10-9-25-17-24(7-8-26(25)18-29)23-5-3-22(4-6-23)21(2)32/h3,5-8,17,20,22,27H,4,9-16,18-19H2,1-2H3. The van der Waals surface area contributed by atoms with Crippen LogP contribution < -0.4 is 0 Å². The predicted octanol–water partition coefficient (Wildman–Crippen LogP) is 3.54. The van der Waals surface area contributed by atoms with Gasteiger partial charge in [0, 0.05) is 51.2 Å². The second-order valence-electron chi connectivity index (χ2n) is 10.6. The van der Waals surface area contributed by atoms with Crippen LogP contribution in [0.2, 0.25) is 0 Å². The topological polar surface area (TPSA) is 43.9 Å². The van der Waals surface area contributed by atoms with Crippen LogP contribution in [0.5, 0.6) is 0 Å². The van der Waals surface area contributed by atoms with Gasteiger partial charge in [-0.3, -0.25) is 19.4 Å². The molecule has 0 radical (unpaired) electrons. The minimum Gasteiger partial charge on any atom is -0.339 e. The van der Waals surface area contributed by atoms with Crippen molar-refractivity contribution in [3.63, 3.8) is 0 Å². The maximum Gasteiger partial charge on any atom is 0.236 e. The van der Waals surface area contributed by atoms with Crippen molar-refractivity contribution in [3.05, 3.63) is 53.1 Å². The average Bonchev–Trinajstić information content (AvgIpc) is 2.82. The number of hydrogen-bond donors (Lipinski definition) is 0. The number of ketones is 1. The highest BCUT2D eigenvalue weighted by molar-refractivity contribution is 5.84. The Bertz CT molecular complexity index is 967. The first-order valence-electron chi connectivity index (χ1n) is 12.7. The van der Waals surface area contributed by atoms with Crippen molar-refractivity contribution in [1.29, 1.82) is 0 Å². The molecule has 0 aromatic heterocycles. The molecule has 2 fully saturated rings. The Hall–Kier alpha value is -2.24. The van der Waals surface area contributed by atoms with Crippen molar-refractivity contribution in [2.24, 2.45) is 11.8 Å². The summed E-state index contributed by atoms with van der Waals surface area (Å²) in [5.74, 6) is 1.43. The summed E-state index contributed by atoms with van der Waals surface area (Å²) in [6.45, 7) is 10.1. The predicted molar refractivity (Wildman–Crippen MR) is 132 cm³/mol. The van der Waals surface area contributed by atoms with Crippen LogP contribution in [0.15, 0.2) is 36.4 Å². The molecule has 176 valence electrons. The van der Waals surface area contributed by atoms with Gasteiger partial charge in [-0.25, -0.2) is 0 Å². The van der Waals surface area contributed by atoms with E-state index in [1.165, 1.54) is 35.1 Å². The van der Waals surface area contributed by atoms with Crippen LogP contribution in [0.3, 0.4) is 0 Å². The molecule has 5 nitrogen and oxygen atoms in total. The number of benzene rings is 1. The minimum atomic E-state index is 0.0300. The first-order valence-corrected chi connectivity index (χ1v) is 12.7. The van der Waals surface area contributed by atoms with Gasteiger partial charge in [0.05, 0.1) is 6.54 Å². The van der Waals surface area contributed by atoms with Gasteiger partial charge in [-0.05, 0) is 60.8 Å². The van der Waals surface area contributed by atoms with Crippen molar-refractivity contribution in [2.45, 2.75) is 52.1 Å². The molecule has 5 heteroatoms. The number of rotatable bonds is 5. The fourth-order valence-electron chi connectivity index (χ4n) is 5.85. The highest BCUT2D eigenvalue weighted by Gasteiger charge is 2.33. The fourth-order valence-corrected chi connectivity index (χ4v) is 5.85. The van der Waals surface area contributed by atoms with E-state index in [4.69, 9.17) is 0 Å². The summed E-state index contributed by atoms with van der Waals surface area (Å²) in [6.07, 6.45) is 10.8. The van der Waals surface area contributed by atoms with Gasteiger partial charge >= 0.3 is 0 Å². The van der Waals surface area contributed by atoms with Crippen LogP contribution in [0.4, 0.5) is 0 Å². The van der Waals surface area contributed by atoms with E-state index >= 15 is 0 Å². The summed E-state index contributed by atoms with van der Waals surface area (Å²) in [6, 6.07) is 7.48. The van der Waals surface area contributed by atoms with E-state index < -0.39 is 0 Å². The number of hydrogen-bond acceptors (Lipinski definition) is 4. The fraction of sp³-hybridized carbons (Fsp3) is 0.571. The third-order valence-corrected chi connectivity index (χ3v) is 8.14. The normalized spacial score (nSPS) is 28.1. The van der Waals surface area contributed by atoms with E-state index in [1.54, 1.807) is 6.92 Å². The third kappa shape index (κ3) is 4.99. The molecular formula is C28H37N3O2. The van der Waals surface area contributed by atoms with E-state index in [-0.39, 0.29) is 17.6 Å². The third-order valence-electron chi connectivity index (χ3n) is 8.14. The lowest BCUT2D eigenvalue weighted by molar-refractivity contribution is -0.135. The smallest absolute Gasteiger partial charge is 0.236 e. The van der Waals surface area contributed by atoms with Crippen LogP contribution in [-0.2, 0) is 22.6 Å². The van der Waals surface area contributed by atoms with Crippen molar-refractivity contribution in [1.82, 2.24) is 14.7 Å². The molecule has 0 N–H and O–H groups in total. The quantitative estimate of drug-likeness (QED) is 0.693. The molecule has 1 saturated heterocycles. The number of nitrogens with zero attached hydrogens (tertiary/aromatic N) is 3. The number of fused-ring (bicyclic) bond motifs is 1. The Morgan fingerprint density at radius 2 is 1.82 bits per heavy atom. The lowest BCUT2D eigenvalue weighted by Gasteiger charge is -2.45. The summed E-state index contributed by atoms with van der Waals surface area (Å²) < 4.78 is 0. The maximum atomic E-state index is 13.0. The van der Waals surface area contributed by atoms with E-state index in [1.807, 2.05) is 6.08 Å². The Kier molecular flexibility index (Phi) is 6.53. The molecule has 1 aromatic carbocycles. The lowest BCUT2D eigenvalue weighted by atomic mass is 9.80. The molecule has 1 aromatic rings. The van der Waals surface area contributed by atoms with E-state index in [0.29, 0.717) is 6.54 Å². The molecule has 4 aliphatic rings. The molecular weight excluding hydrogens is 410 g/mol. The monoisotopic (exact) mass is 447 g/mol. The zero-order valence-electron chi connectivity index (χ0n) is 20.1. The molecule has 5 rings (SSSR count). The van der Waals surface area contributed by atoms with Crippen LogP contribution in [-0.4, -0.2) is 71.7 Å². The lowest BCUT2D eigenvalue weighted by Crippen LogP contribution is -2.56. The zero-order valence-corrected chi connectivity index (χ0v) is 20.1. The molecule has 2 aliphatic heterocycles. The van der Waals surface area contributed by atoms with Crippen LogP contribution in [0.25, 0.3) is 5.57 Å². The number of piperazine rings is 1. The second-order valence-corrected chi connectivity index (χ2v) is 10.6. The van der Waals surface area contributed by atoms with Gasteiger partial charge in [0.25, 0.3) is 0 Å². The van der Waals surface area contributed by atoms with Gasteiger partial charge in [-0.1, -0.05) is 43.4 Å². The highest BCUT2D eigenvalue weighted by atomic mass is 16.2. The summed E-state index contributed by atoms with van der Waals surface area (Å²) in [4.78, 5) is 31.5. The number of allylic oxidation sites excluding steroid dienone is 4. The molecule has 2 aliphatic carbocycles. The summed E-state index contributed by atoms with van der Waals surface area (Å²) in [5, 5.41) is 0. The first kappa shape index (κ1) is 22.5. The summed E-state index contributed by atoms with van der Waals surface area (Å²) in [5.41, 5.74) is 5.17. The molecule has 0 bridgehead atoms. The molecule has 33 heavy (non-hydrogen) atoms. The Labute approximate surface area is 198 Å². The Balaban J connectivity index is 1.13. The van der Waals surface area contributed by atoms with Crippen LogP contribution in [0, 0.1) is 11.8 Å². The van der Waals surface area contributed by atoms with E-state index in [2.05, 4.69) is 52.0 Å². The van der Waals surface area contributed by atoms with Gasteiger partial charge in [-0.2, -0.15) is 0 Å². The number of amides is 1.